The van der Waals surface area contributed by atoms with Gasteiger partial charge in [-0.15, -0.1) is 0 Å². The second kappa shape index (κ2) is 5.18. The van der Waals surface area contributed by atoms with Crippen molar-refractivity contribution in [3.05, 3.63) is 60.8 Å². The van der Waals surface area contributed by atoms with Crippen molar-refractivity contribution in [3.8, 4) is 11.3 Å². The van der Waals surface area contributed by atoms with Crippen LogP contribution >= 0.6 is 0 Å². The number of hydrogen-bond acceptors (Lipinski definition) is 2. The molecule has 2 aliphatic heterocycles. The van der Waals surface area contributed by atoms with Crippen LogP contribution in [0.25, 0.3) is 22.2 Å². The van der Waals surface area contributed by atoms with Crippen molar-refractivity contribution in [2.24, 2.45) is 0 Å². The summed E-state index contributed by atoms with van der Waals surface area (Å²) in [5.41, 5.74) is 4.95. The van der Waals surface area contributed by atoms with Gasteiger partial charge in [0, 0.05) is 40.4 Å². The molecule has 0 aliphatic carbocycles. The van der Waals surface area contributed by atoms with E-state index < -0.39 is 0 Å². The highest BCUT2D eigenvalue weighted by atomic mass is 15.2. The van der Waals surface area contributed by atoms with Gasteiger partial charge >= 0.3 is 0 Å². The largest absolute Gasteiger partial charge is 0.361 e. The summed E-state index contributed by atoms with van der Waals surface area (Å²) in [6.07, 6.45) is 11.5. The summed E-state index contributed by atoms with van der Waals surface area (Å²) >= 11 is 0. The summed E-state index contributed by atoms with van der Waals surface area (Å²) in [4.78, 5) is 10.6. The van der Waals surface area contributed by atoms with Gasteiger partial charge in [0.05, 0.1) is 5.69 Å². The van der Waals surface area contributed by atoms with Gasteiger partial charge in [-0.25, -0.2) is 0 Å². The first-order valence-electron chi connectivity index (χ1n) is 8.85. The minimum atomic E-state index is 0.180. The Kier molecular flexibility index (Phi) is 3.07. The molecule has 0 saturated carbocycles. The molecule has 2 bridgehead atoms. The molecular formula is C21H22N3. The SMILES string of the molecule is CN1C2C[CH]CC1(c1ccc(-c3ccc4[nH]ccc4c3)nc1)CC2. The highest BCUT2D eigenvalue weighted by molar-refractivity contribution is 5.84. The third-order valence-corrected chi connectivity index (χ3v) is 6.18. The van der Waals surface area contributed by atoms with Gasteiger partial charge in [0.25, 0.3) is 0 Å². The van der Waals surface area contributed by atoms with Gasteiger partial charge in [0.15, 0.2) is 0 Å². The number of aromatic amines is 1. The van der Waals surface area contributed by atoms with E-state index in [1.165, 1.54) is 41.3 Å². The van der Waals surface area contributed by atoms with E-state index in [4.69, 9.17) is 4.98 Å². The first kappa shape index (κ1) is 14.2. The van der Waals surface area contributed by atoms with Crippen LogP contribution in [-0.4, -0.2) is 28.0 Å². The van der Waals surface area contributed by atoms with Crippen LogP contribution in [0.2, 0.25) is 0 Å². The minimum absolute atomic E-state index is 0.180. The van der Waals surface area contributed by atoms with E-state index in [0.717, 1.165) is 18.2 Å². The Hall–Kier alpha value is -2.13. The number of fused-ring (bicyclic) bond motifs is 3. The van der Waals surface area contributed by atoms with Crippen LogP contribution < -0.4 is 0 Å². The quantitative estimate of drug-likeness (QED) is 0.754. The van der Waals surface area contributed by atoms with E-state index in [1.54, 1.807) is 0 Å². The lowest BCUT2D eigenvalue weighted by Crippen LogP contribution is -2.45. The predicted octanol–water partition coefficient (Wildman–Crippen LogP) is 4.52. The predicted molar refractivity (Wildman–Crippen MR) is 97.5 cm³/mol. The number of nitrogens with one attached hydrogen (secondary N) is 1. The van der Waals surface area contributed by atoms with Crippen LogP contribution in [0.4, 0.5) is 0 Å². The fourth-order valence-electron chi connectivity index (χ4n) is 4.68. The van der Waals surface area contributed by atoms with Gasteiger partial charge in [-0.05, 0) is 69.0 Å². The monoisotopic (exact) mass is 316 g/mol. The molecule has 1 N–H and O–H groups in total. The number of piperidine rings is 1. The maximum absolute atomic E-state index is 4.81. The van der Waals surface area contributed by atoms with Crippen LogP contribution in [0.15, 0.2) is 48.8 Å². The highest BCUT2D eigenvalue weighted by Gasteiger charge is 2.47. The average molecular weight is 316 g/mol. The van der Waals surface area contributed by atoms with Gasteiger partial charge in [0.2, 0.25) is 0 Å². The van der Waals surface area contributed by atoms with Crippen molar-refractivity contribution in [2.45, 2.75) is 37.3 Å². The van der Waals surface area contributed by atoms with E-state index in [-0.39, 0.29) is 5.54 Å². The Labute approximate surface area is 142 Å². The van der Waals surface area contributed by atoms with Crippen molar-refractivity contribution in [2.75, 3.05) is 7.05 Å². The number of hydrogen-bond donors (Lipinski definition) is 1. The van der Waals surface area contributed by atoms with Gasteiger partial charge in [-0.2, -0.15) is 0 Å². The molecule has 2 fully saturated rings. The average Bonchev–Trinajstić information content (AvgIpc) is 3.13. The Morgan fingerprint density at radius 2 is 2.17 bits per heavy atom. The molecule has 2 unspecified atom stereocenters. The lowest BCUT2D eigenvalue weighted by Gasteiger charge is -2.42. The number of pyridine rings is 1. The van der Waals surface area contributed by atoms with Crippen LogP contribution in [0.3, 0.4) is 0 Å². The molecule has 3 heteroatoms. The summed E-state index contributed by atoms with van der Waals surface area (Å²) in [6.45, 7) is 0. The molecule has 4 heterocycles. The molecule has 121 valence electrons. The van der Waals surface area contributed by atoms with Crippen molar-refractivity contribution >= 4 is 10.9 Å². The Morgan fingerprint density at radius 1 is 1.21 bits per heavy atom. The third-order valence-electron chi connectivity index (χ3n) is 6.18. The number of nitrogens with zero attached hydrogens (tertiary/aromatic N) is 2. The third kappa shape index (κ3) is 1.97. The topological polar surface area (TPSA) is 31.9 Å². The maximum Gasteiger partial charge on any atom is 0.0702 e. The number of aromatic nitrogens is 2. The number of rotatable bonds is 2. The first-order valence-corrected chi connectivity index (χ1v) is 8.85. The van der Waals surface area contributed by atoms with Crippen molar-refractivity contribution in [1.82, 2.24) is 14.9 Å². The lowest BCUT2D eigenvalue weighted by atomic mass is 9.82. The standard InChI is InChI=1S/C21H22N3/c1-24-18-3-2-10-21(24,11-8-18)17-5-7-20(23-14-17)15-4-6-19-16(13-15)9-12-22-19/h2,4-7,9,12-14,18,22H,3,8,10-11H2,1H3. The molecule has 1 radical (unpaired) electrons. The molecule has 2 atom stereocenters. The van der Waals surface area contributed by atoms with Gasteiger partial charge < -0.3 is 4.98 Å². The van der Waals surface area contributed by atoms with Gasteiger partial charge in [-0.1, -0.05) is 12.1 Å². The fourth-order valence-corrected chi connectivity index (χ4v) is 4.68. The minimum Gasteiger partial charge on any atom is -0.361 e. The van der Waals surface area contributed by atoms with E-state index in [9.17, 15) is 0 Å². The van der Waals surface area contributed by atoms with Crippen molar-refractivity contribution in [1.29, 1.82) is 0 Å². The highest BCUT2D eigenvalue weighted by Crippen LogP contribution is 2.49. The second-order valence-electron chi connectivity index (χ2n) is 7.28. The normalized spacial score (nSPS) is 27.0. The fraction of sp³-hybridized carbons (Fsp3) is 0.333. The zero-order chi connectivity index (χ0) is 16.1. The molecule has 2 aliphatic rings. The van der Waals surface area contributed by atoms with E-state index in [1.807, 2.05) is 6.20 Å². The second-order valence-corrected chi connectivity index (χ2v) is 7.28. The molecule has 0 amide bonds. The van der Waals surface area contributed by atoms with Crippen LogP contribution in [-0.2, 0) is 5.54 Å². The van der Waals surface area contributed by atoms with Crippen LogP contribution in [0.5, 0.6) is 0 Å². The molecule has 2 aromatic heterocycles. The summed E-state index contributed by atoms with van der Waals surface area (Å²) in [6, 6.07) is 13.8. The summed E-state index contributed by atoms with van der Waals surface area (Å²) < 4.78 is 0. The molecule has 3 aromatic rings. The van der Waals surface area contributed by atoms with Crippen molar-refractivity contribution < 1.29 is 0 Å². The van der Waals surface area contributed by atoms with E-state index >= 15 is 0 Å². The van der Waals surface area contributed by atoms with Gasteiger partial charge in [-0.3, -0.25) is 9.88 Å². The molecule has 3 nitrogen and oxygen atoms in total. The smallest absolute Gasteiger partial charge is 0.0702 e. The molecule has 1 aromatic carbocycles. The molecular weight excluding hydrogens is 294 g/mol. The summed E-state index contributed by atoms with van der Waals surface area (Å²) in [5, 5.41) is 1.23. The van der Waals surface area contributed by atoms with Crippen LogP contribution in [0, 0.1) is 6.42 Å². The first-order chi connectivity index (χ1) is 11.8. The number of H-pyrrole nitrogens is 1. The Bertz CT molecular complexity index is 875. The van der Waals surface area contributed by atoms with Crippen molar-refractivity contribution in [3.63, 3.8) is 0 Å². The van der Waals surface area contributed by atoms with E-state index in [2.05, 4.69) is 65.9 Å². The van der Waals surface area contributed by atoms with Gasteiger partial charge in [0.1, 0.15) is 0 Å². The Balaban J connectivity index is 1.51. The zero-order valence-electron chi connectivity index (χ0n) is 14.0. The number of benzene rings is 1. The summed E-state index contributed by atoms with van der Waals surface area (Å²) in [5.74, 6) is 0. The molecule has 0 spiro atoms. The maximum atomic E-state index is 4.81. The zero-order valence-corrected chi connectivity index (χ0v) is 14.0. The molecule has 5 rings (SSSR count). The molecule has 24 heavy (non-hydrogen) atoms. The Morgan fingerprint density at radius 3 is 3.04 bits per heavy atom. The lowest BCUT2D eigenvalue weighted by molar-refractivity contribution is 0.104. The van der Waals surface area contributed by atoms with E-state index in [0.29, 0.717) is 0 Å². The molecule has 2 saturated heterocycles. The van der Waals surface area contributed by atoms with Crippen LogP contribution in [0.1, 0.15) is 31.2 Å². The summed E-state index contributed by atoms with van der Waals surface area (Å²) in [7, 11) is 2.29.